The lowest BCUT2D eigenvalue weighted by atomic mass is 9.65. The van der Waals surface area contributed by atoms with Crippen LogP contribution in [0.5, 0.6) is 0 Å². The van der Waals surface area contributed by atoms with Gasteiger partial charge >= 0.3 is 0 Å². The zero-order chi connectivity index (χ0) is 15.3. The van der Waals surface area contributed by atoms with Crippen LogP contribution in [0.4, 0.5) is 0 Å². The van der Waals surface area contributed by atoms with E-state index in [2.05, 4.69) is 39.8 Å². The zero-order valence-corrected chi connectivity index (χ0v) is 13.7. The number of ketones is 1. The van der Waals surface area contributed by atoms with E-state index in [4.69, 9.17) is 0 Å². The summed E-state index contributed by atoms with van der Waals surface area (Å²) in [4.78, 5) is 10.9. The van der Waals surface area contributed by atoms with E-state index in [0.29, 0.717) is 12.3 Å². The number of allylic oxidation sites excluding steroid dienone is 3. The Hall–Kier alpha value is -0.890. The number of carbonyl (C=O) groups is 1. The molecule has 0 saturated heterocycles. The number of carbonyl (C=O) groups excluding carboxylic acids is 1. The number of rotatable bonds is 6. The van der Waals surface area contributed by atoms with E-state index in [1.807, 2.05) is 0 Å². The topological polar surface area (TPSA) is 37.3 Å². The van der Waals surface area contributed by atoms with Gasteiger partial charge in [0.05, 0.1) is 6.10 Å². The van der Waals surface area contributed by atoms with E-state index >= 15 is 0 Å². The van der Waals surface area contributed by atoms with Crippen LogP contribution in [-0.4, -0.2) is 17.0 Å². The van der Waals surface area contributed by atoms with Gasteiger partial charge in [-0.05, 0) is 57.8 Å². The summed E-state index contributed by atoms with van der Waals surface area (Å²) in [7, 11) is 0. The van der Waals surface area contributed by atoms with Crippen molar-refractivity contribution < 1.29 is 9.90 Å². The van der Waals surface area contributed by atoms with Crippen LogP contribution in [-0.2, 0) is 4.79 Å². The third-order valence-electron chi connectivity index (χ3n) is 4.79. The lowest BCUT2D eigenvalue weighted by Crippen LogP contribution is -2.39. The Morgan fingerprint density at radius 1 is 1.40 bits per heavy atom. The molecule has 2 nitrogen and oxygen atoms in total. The molecule has 1 aliphatic rings. The summed E-state index contributed by atoms with van der Waals surface area (Å²) in [5.74, 6) is 0.701. The predicted molar refractivity (Wildman–Crippen MR) is 84.6 cm³/mol. The lowest BCUT2D eigenvalue weighted by molar-refractivity contribution is -0.116. The third kappa shape index (κ3) is 4.59. The minimum atomic E-state index is -0.238. The molecule has 0 aromatic rings. The lowest BCUT2D eigenvalue weighted by Gasteiger charge is -2.42. The fraction of sp³-hybridized carbons (Fsp3) is 0.722. The molecule has 0 aliphatic heterocycles. The van der Waals surface area contributed by atoms with E-state index in [-0.39, 0.29) is 17.3 Å². The van der Waals surface area contributed by atoms with Crippen molar-refractivity contribution in [3.63, 3.8) is 0 Å². The average Bonchev–Trinajstić information content (AvgIpc) is 2.33. The van der Waals surface area contributed by atoms with Gasteiger partial charge in [0, 0.05) is 6.42 Å². The van der Waals surface area contributed by atoms with E-state index in [9.17, 15) is 9.90 Å². The first-order valence-corrected chi connectivity index (χ1v) is 7.75. The van der Waals surface area contributed by atoms with Gasteiger partial charge in [-0.2, -0.15) is 0 Å². The first-order chi connectivity index (χ1) is 9.25. The summed E-state index contributed by atoms with van der Waals surface area (Å²) >= 11 is 0. The molecule has 2 atom stereocenters. The van der Waals surface area contributed by atoms with Crippen LogP contribution in [0.3, 0.4) is 0 Å². The molecule has 2 heteroatoms. The molecular weight excluding hydrogens is 248 g/mol. The molecule has 0 spiro atoms. The summed E-state index contributed by atoms with van der Waals surface area (Å²) in [6.45, 7) is 10.3. The van der Waals surface area contributed by atoms with Crippen LogP contribution >= 0.6 is 0 Å². The molecule has 0 fully saturated rings. The van der Waals surface area contributed by atoms with Crippen molar-refractivity contribution in [2.45, 2.75) is 72.8 Å². The van der Waals surface area contributed by atoms with Crippen LogP contribution in [0.25, 0.3) is 0 Å². The van der Waals surface area contributed by atoms with Gasteiger partial charge in [-0.15, -0.1) is 0 Å². The van der Waals surface area contributed by atoms with Gasteiger partial charge in [0.2, 0.25) is 0 Å². The number of aliphatic hydroxyl groups is 1. The molecule has 1 aliphatic carbocycles. The van der Waals surface area contributed by atoms with Crippen molar-refractivity contribution in [3.05, 3.63) is 23.3 Å². The number of aliphatic hydroxyl groups excluding tert-OH is 1. The van der Waals surface area contributed by atoms with E-state index in [0.717, 1.165) is 25.7 Å². The van der Waals surface area contributed by atoms with E-state index in [1.54, 1.807) is 6.92 Å². The quantitative estimate of drug-likeness (QED) is 0.729. The molecule has 0 radical (unpaired) electrons. The smallest absolute Gasteiger partial charge is 0.130 e. The molecule has 0 heterocycles. The SMILES string of the molecule is CC(=O)CC/C=C(\C)CC[C@@H]1C(C)=CC[C@H](O)C1(C)C. The maximum atomic E-state index is 10.9. The van der Waals surface area contributed by atoms with Crippen LogP contribution in [0.15, 0.2) is 23.3 Å². The summed E-state index contributed by atoms with van der Waals surface area (Å²) in [5, 5.41) is 10.2. The second-order valence-electron chi connectivity index (χ2n) is 6.90. The van der Waals surface area contributed by atoms with Crippen molar-refractivity contribution in [1.82, 2.24) is 0 Å². The summed E-state index contributed by atoms with van der Waals surface area (Å²) in [6, 6.07) is 0. The summed E-state index contributed by atoms with van der Waals surface area (Å²) in [6.07, 6.45) is 8.54. The van der Waals surface area contributed by atoms with Gasteiger partial charge in [0.15, 0.2) is 0 Å². The van der Waals surface area contributed by atoms with Gasteiger partial charge in [-0.25, -0.2) is 0 Å². The standard InChI is InChI=1S/C18H30O2/c1-13(7-6-8-15(3)19)9-11-16-14(2)10-12-17(20)18(16,4)5/h7,10,16-17,20H,6,8-9,11-12H2,1-5H3/b13-7+/t16-,17+/m1/s1. The Bertz CT molecular complexity index is 402. The zero-order valence-electron chi connectivity index (χ0n) is 13.7. The number of Topliss-reactive ketones (excluding diaryl/α,β-unsaturated/α-hetero) is 1. The number of hydrogen-bond acceptors (Lipinski definition) is 2. The van der Waals surface area contributed by atoms with E-state index in [1.165, 1.54) is 11.1 Å². The van der Waals surface area contributed by atoms with Crippen molar-refractivity contribution in [2.24, 2.45) is 11.3 Å². The van der Waals surface area contributed by atoms with Crippen LogP contribution in [0.1, 0.15) is 66.7 Å². The van der Waals surface area contributed by atoms with Crippen molar-refractivity contribution in [1.29, 1.82) is 0 Å². The highest BCUT2D eigenvalue weighted by Gasteiger charge is 2.38. The fourth-order valence-corrected chi connectivity index (χ4v) is 3.16. The van der Waals surface area contributed by atoms with Gasteiger partial charge in [-0.1, -0.05) is 37.1 Å². The Morgan fingerprint density at radius 2 is 2.05 bits per heavy atom. The van der Waals surface area contributed by atoms with Crippen molar-refractivity contribution in [3.8, 4) is 0 Å². The Morgan fingerprint density at radius 3 is 2.65 bits per heavy atom. The summed E-state index contributed by atoms with van der Waals surface area (Å²) in [5.41, 5.74) is 2.73. The molecule has 0 unspecified atom stereocenters. The molecule has 0 amide bonds. The highest BCUT2D eigenvalue weighted by molar-refractivity contribution is 5.75. The Balaban J connectivity index is 2.57. The average molecular weight is 278 g/mol. The number of hydrogen-bond donors (Lipinski definition) is 1. The van der Waals surface area contributed by atoms with Gasteiger partial charge in [-0.3, -0.25) is 0 Å². The molecule has 1 rings (SSSR count). The van der Waals surface area contributed by atoms with E-state index < -0.39 is 0 Å². The highest BCUT2D eigenvalue weighted by Crippen LogP contribution is 2.43. The second-order valence-corrected chi connectivity index (χ2v) is 6.90. The van der Waals surface area contributed by atoms with Gasteiger partial charge in [0.1, 0.15) is 5.78 Å². The first-order valence-electron chi connectivity index (χ1n) is 7.75. The predicted octanol–water partition coefficient (Wildman–Crippen LogP) is 4.44. The van der Waals surface area contributed by atoms with Crippen LogP contribution in [0.2, 0.25) is 0 Å². The molecule has 1 N–H and O–H groups in total. The molecule has 0 bridgehead atoms. The molecule has 0 aromatic heterocycles. The van der Waals surface area contributed by atoms with Crippen molar-refractivity contribution >= 4 is 5.78 Å². The van der Waals surface area contributed by atoms with Gasteiger partial charge in [0.25, 0.3) is 0 Å². The maximum Gasteiger partial charge on any atom is 0.130 e. The van der Waals surface area contributed by atoms with Crippen LogP contribution in [0, 0.1) is 11.3 Å². The van der Waals surface area contributed by atoms with Crippen molar-refractivity contribution in [2.75, 3.05) is 0 Å². The Kier molecular flexibility index (Phi) is 6.19. The first kappa shape index (κ1) is 17.2. The maximum absolute atomic E-state index is 10.9. The summed E-state index contributed by atoms with van der Waals surface area (Å²) < 4.78 is 0. The van der Waals surface area contributed by atoms with Crippen LogP contribution < -0.4 is 0 Å². The minimum Gasteiger partial charge on any atom is -0.392 e. The largest absolute Gasteiger partial charge is 0.392 e. The fourth-order valence-electron chi connectivity index (χ4n) is 3.16. The van der Waals surface area contributed by atoms with Gasteiger partial charge < -0.3 is 9.90 Å². The molecule has 0 saturated carbocycles. The third-order valence-corrected chi connectivity index (χ3v) is 4.79. The molecule has 20 heavy (non-hydrogen) atoms. The molecular formula is C18H30O2. The molecule has 0 aromatic carbocycles. The monoisotopic (exact) mass is 278 g/mol. The highest BCUT2D eigenvalue weighted by atomic mass is 16.3. The second kappa shape index (κ2) is 7.21. The minimum absolute atomic E-state index is 0.0432. The molecule has 114 valence electrons. The Labute approximate surface area is 124 Å². The normalized spacial score (nSPS) is 26.3.